The van der Waals surface area contributed by atoms with Gasteiger partial charge < -0.3 is 0 Å². The lowest BCUT2D eigenvalue weighted by atomic mass is 10.3. The van der Waals surface area contributed by atoms with Crippen LogP contribution in [0.3, 0.4) is 0 Å². The highest BCUT2D eigenvalue weighted by atomic mass is 32.2. The Balaban J connectivity index is 2.08. The Hall–Kier alpha value is -1.03. The number of benzene rings is 1. The lowest BCUT2D eigenvalue weighted by Crippen LogP contribution is -1.86. The normalized spacial score (nSPS) is 15.7. The molecular weight excluding hydrogens is 186 g/mol. The van der Waals surface area contributed by atoms with E-state index in [-0.39, 0.29) is 10.6 Å². The van der Waals surface area contributed by atoms with Crippen molar-refractivity contribution in [2.24, 2.45) is 0 Å². The fourth-order valence-electron chi connectivity index (χ4n) is 1.02. The first kappa shape index (κ1) is 8.56. The minimum absolute atomic E-state index is 0.167. The van der Waals surface area contributed by atoms with Gasteiger partial charge in [0.05, 0.1) is 4.92 Å². The average Bonchev–Trinajstić information content (AvgIpc) is 2.89. The van der Waals surface area contributed by atoms with E-state index in [1.54, 1.807) is 12.1 Å². The van der Waals surface area contributed by atoms with E-state index >= 15 is 0 Å². The van der Waals surface area contributed by atoms with Gasteiger partial charge in [0.25, 0.3) is 5.69 Å². The Kier molecular flexibility index (Phi) is 2.22. The SMILES string of the molecule is O=[N+]([O-])c1ccc(SC2CC2)cc1. The van der Waals surface area contributed by atoms with E-state index in [9.17, 15) is 10.1 Å². The number of nitro benzene ring substituents is 1. The fraction of sp³-hybridized carbons (Fsp3) is 0.333. The van der Waals surface area contributed by atoms with Crippen molar-refractivity contribution in [2.75, 3.05) is 0 Å². The number of hydrogen-bond acceptors (Lipinski definition) is 3. The number of nitro groups is 1. The standard InChI is InChI=1S/C9H9NO2S/c11-10(12)7-1-3-8(4-2-7)13-9-5-6-9/h1-4,9H,5-6H2. The summed E-state index contributed by atoms with van der Waals surface area (Å²) in [7, 11) is 0. The molecule has 0 aromatic heterocycles. The molecule has 0 aliphatic heterocycles. The molecule has 1 saturated carbocycles. The fourth-order valence-corrected chi connectivity index (χ4v) is 2.07. The Labute approximate surface area is 80.3 Å². The Bertz CT molecular complexity index is 319. The highest BCUT2D eigenvalue weighted by Gasteiger charge is 2.22. The summed E-state index contributed by atoms with van der Waals surface area (Å²) in [5.74, 6) is 0. The van der Waals surface area contributed by atoms with Crippen molar-refractivity contribution >= 4 is 17.4 Å². The maximum absolute atomic E-state index is 10.3. The molecule has 1 fully saturated rings. The van der Waals surface area contributed by atoms with Crippen molar-refractivity contribution in [3.8, 4) is 0 Å². The zero-order valence-corrected chi connectivity index (χ0v) is 7.79. The zero-order valence-electron chi connectivity index (χ0n) is 6.97. The predicted octanol–water partition coefficient (Wildman–Crippen LogP) is 2.85. The monoisotopic (exact) mass is 195 g/mol. The van der Waals surface area contributed by atoms with Crippen molar-refractivity contribution < 1.29 is 4.92 Å². The molecule has 0 unspecified atom stereocenters. The molecule has 1 aliphatic rings. The van der Waals surface area contributed by atoms with Gasteiger partial charge in [-0.25, -0.2) is 0 Å². The summed E-state index contributed by atoms with van der Waals surface area (Å²) in [6.07, 6.45) is 2.56. The first-order valence-corrected chi connectivity index (χ1v) is 5.05. The molecule has 0 radical (unpaired) electrons. The average molecular weight is 195 g/mol. The number of non-ortho nitro benzene ring substituents is 1. The Morgan fingerprint density at radius 1 is 1.31 bits per heavy atom. The van der Waals surface area contributed by atoms with Crippen LogP contribution in [-0.2, 0) is 0 Å². The summed E-state index contributed by atoms with van der Waals surface area (Å²) >= 11 is 1.81. The van der Waals surface area contributed by atoms with Gasteiger partial charge in [-0.2, -0.15) is 0 Å². The molecule has 13 heavy (non-hydrogen) atoms. The molecule has 0 heterocycles. The highest BCUT2D eigenvalue weighted by molar-refractivity contribution is 8.00. The van der Waals surface area contributed by atoms with Crippen LogP contribution in [-0.4, -0.2) is 10.2 Å². The molecule has 68 valence electrons. The lowest BCUT2D eigenvalue weighted by Gasteiger charge is -1.97. The molecular formula is C9H9NO2S. The van der Waals surface area contributed by atoms with Crippen LogP contribution in [0.15, 0.2) is 29.2 Å². The van der Waals surface area contributed by atoms with Crippen molar-refractivity contribution in [1.82, 2.24) is 0 Å². The van der Waals surface area contributed by atoms with Crippen molar-refractivity contribution in [3.63, 3.8) is 0 Å². The second-order valence-electron chi connectivity index (χ2n) is 3.07. The third-order valence-electron chi connectivity index (χ3n) is 1.87. The summed E-state index contributed by atoms with van der Waals surface area (Å²) < 4.78 is 0. The van der Waals surface area contributed by atoms with Gasteiger partial charge in [0, 0.05) is 22.3 Å². The first-order chi connectivity index (χ1) is 6.25. The van der Waals surface area contributed by atoms with Crippen molar-refractivity contribution in [3.05, 3.63) is 34.4 Å². The van der Waals surface area contributed by atoms with Gasteiger partial charge in [-0.05, 0) is 25.0 Å². The van der Waals surface area contributed by atoms with E-state index in [4.69, 9.17) is 0 Å². The van der Waals surface area contributed by atoms with Crippen LogP contribution in [0.25, 0.3) is 0 Å². The predicted molar refractivity (Wildman–Crippen MR) is 52.0 cm³/mol. The largest absolute Gasteiger partial charge is 0.269 e. The Morgan fingerprint density at radius 3 is 2.38 bits per heavy atom. The van der Waals surface area contributed by atoms with Gasteiger partial charge in [0.1, 0.15) is 0 Å². The Morgan fingerprint density at radius 2 is 1.92 bits per heavy atom. The lowest BCUT2D eigenvalue weighted by molar-refractivity contribution is -0.384. The van der Waals surface area contributed by atoms with Crippen molar-refractivity contribution in [1.29, 1.82) is 0 Å². The molecule has 0 N–H and O–H groups in total. The third kappa shape index (κ3) is 2.21. The minimum Gasteiger partial charge on any atom is -0.258 e. The van der Waals surface area contributed by atoms with Gasteiger partial charge in [0.2, 0.25) is 0 Å². The van der Waals surface area contributed by atoms with Gasteiger partial charge in [-0.1, -0.05) is 0 Å². The number of thioether (sulfide) groups is 1. The molecule has 0 amide bonds. The number of hydrogen-bond donors (Lipinski definition) is 0. The minimum atomic E-state index is -0.369. The first-order valence-electron chi connectivity index (χ1n) is 4.17. The van der Waals surface area contributed by atoms with E-state index in [1.165, 1.54) is 12.8 Å². The van der Waals surface area contributed by atoms with E-state index in [2.05, 4.69) is 0 Å². The van der Waals surface area contributed by atoms with E-state index in [1.807, 2.05) is 23.9 Å². The smallest absolute Gasteiger partial charge is 0.258 e. The van der Waals surface area contributed by atoms with Gasteiger partial charge in [-0.3, -0.25) is 10.1 Å². The molecule has 1 aliphatic carbocycles. The van der Waals surface area contributed by atoms with Crippen LogP contribution < -0.4 is 0 Å². The molecule has 0 bridgehead atoms. The van der Waals surface area contributed by atoms with Crippen LogP contribution in [0, 0.1) is 10.1 Å². The van der Waals surface area contributed by atoms with E-state index < -0.39 is 0 Å². The summed E-state index contributed by atoms with van der Waals surface area (Å²) in [5.41, 5.74) is 0.167. The quantitative estimate of drug-likeness (QED) is 0.550. The third-order valence-corrected chi connectivity index (χ3v) is 3.22. The molecule has 3 nitrogen and oxygen atoms in total. The molecule has 1 aromatic carbocycles. The molecule has 0 atom stereocenters. The van der Waals surface area contributed by atoms with Crippen LogP contribution in [0.5, 0.6) is 0 Å². The van der Waals surface area contributed by atoms with Crippen LogP contribution in [0.2, 0.25) is 0 Å². The van der Waals surface area contributed by atoms with E-state index in [0.717, 1.165) is 10.1 Å². The van der Waals surface area contributed by atoms with Crippen LogP contribution in [0.4, 0.5) is 5.69 Å². The summed E-state index contributed by atoms with van der Waals surface area (Å²) in [6.45, 7) is 0. The van der Waals surface area contributed by atoms with Crippen LogP contribution in [0.1, 0.15) is 12.8 Å². The van der Waals surface area contributed by atoms with Crippen LogP contribution >= 0.6 is 11.8 Å². The molecule has 4 heteroatoms. The molecule has 2 rings (SSSR count). The van der Waals surface area contributed by atoms with Crippen molar-refractivity contribution in [2.45, 2.75) is 23.0 Å². The van der Waals surface area contributed by atoms with E-state index in [0.29, 0.717) is 0 Å². The second kappa shape index (κ2) is 3.38. The number of nitrogens with zero attached hydrogens (tertiary/aromatic N) is 1. The maximum atomic E-state index is 10.3. The summed E-state index contributed by atoms with van der Waals surface area (Å²) in [4.78, 5) is 11.1. The molecule has 0 saturated heterocycles. The van der Waals surface area contributed by atoms with Gasteiger partial charge >= 0.3 is 0 Å². The van der Waals surface area contributed by atoms with Gasteiger partial charge in [-0.15, -0.1) is 11.8 Å². The maximum Gasteiger partial charge on any atom is 0.269 e. The van der Waals surface area contributed by atoms with Gasteiger partial charge in [0.15, 0.2) is 0 Å². The summed E-state index contributed by atoms with van der Waals surface area (Å²) in [6, 6.07) is 6.76. The topological polar surface area (TPSA) is 43.1 Å². The summed E-state index contributed by atoms with van der Waals surface area (Å²) in [5, 5.41) is 11.1. The second-order valence-corrected chi connectivity index (χ2v) is 4.44. The zero-order chi connectivity index (χ0) is 9.26. The highest BCUT2D eigenvalue weighted by Crippen LogP contribution is 2.39. The molecule has 1 aromatic rings. The molecule has 0 spiro atoms. The number of rotatable bonds is 3.